The fourth-order valence-corrected chi connectivity index (χ4v) is 4.29. The predicted octanol–water partition coefficient (Wildman–Crippen LogP) is 5.03. The number of carbonyl (C=O) groups is 2. The van der Waals surface area contributed by atoms with Crippen LogP contribution in [0.25, 0.3) is 0 Å². The van der Waals surface area contributed by atoms with Crippen molar-refractivity contribution in [2.75, 3.05) is 14.2 Å². The van der Waals surface area contributed by atoms with Gasteiger partial charge in [-0.2, -0.15) is 0 Å². The molecule has 3 rings (SSSR count). The summed E-state index contributed by atoms with van der Waals surface area (Å²) in [6, 6.07) is 0. The second kappa shape index (κ2) is 8.85. The van der Waals surface area contributed by atoms with Crippen LogP contribution in [0.4, 0.5) is 0 Å². The summed E-state index contributed by atoms with van der Waals surface area (Å²) in [5.74, 6) is -1.63. The molecule has 3 aliphatic rings. The van der Waals surface area contributed by atoms with Crippen LogP contribution in [0.5, 0.6) is 0 Å². The minimum Gasteiger partial charge on any atom is -0.464 e. The highest BCUT2D eigenvalue weighted by Gasteiger charge is 2.59. The highest BCUT2D eigenvalue weighted by Crippen LogP contribution is 2.51. The van der Waals surface area contributed by atoms with Crippen molar-refractivity contribution in [1.82, 2.24) is 0 Å². The molecule has 2 heterocycles. The number of rotatable bonds is 7. The van der Waals surface area contributed by atoms with E-state index in [1.165, 1.54) is 27.4 Å². The van der Waals surface area contributed by atoms with Gasteiger partial charge in [0, 0.05) is 30.9 Å². The highest BCUT2D eigenvalue weighted by molar-refractivity contribution is 6.46. The van der Waals surface area contributed by atoms with Gasteiger partial charge in [0.2, 0.25) is 5.78 Å². The molecule has 0 aromatic rings. The van der Waals surface area contributed by atoms with Crippen molar-refractivity contribution in [2.24, 2.45) is 5.92 Å². The summed E-state index contributed by atoms with van der Waals surface area (Å²) in [5, 5.41) is -0.0193. The number of Topliss-reactive ketones (excluding diaryl/α,β-unsaturated/α-hetero) is 1. The smallest absolute Gasteiger partial charge is 0.341 e. The SMILES string of the molecule is CCC(C)C=C(C)C=CC1=CC2=C(Cl)C(=O)C3(C)OC(=O)C(C(C)(OC)OC)=C3C2=CO1. The van der Waals surface area contributed by atoms with Gasteiger partial charge < -0.3 is 18.9 Å². The molecule has 0 amide bonds. The molecule has 0 radical (unpaired) electrons. The summed E-state index contributed by atoms with van der Waals surface area (Å²) in [6.45, 7) is 9.42. The number of fused-ring (bicyclic) bond motifs is 3. The maximum atomic E-state index is 13.2. The van der Waals surface area contributed by atoms with E-state index in [4.69, 9.17) is 30.5 Å². The van der Waals surface area contributed by atoms with E-state index in [-0.39, 0.29) is 10.6 Å². The van der Waals surface area contributed by atoms with E-state index in [0.29, 0.717) is 28.4 Å². The second-order valence-corrected chi connectivity index (χ2v) is 8.79. The maximum absolute atomic E-state index is 13.2. The molecule has 32 heavy (non-hydrogen) atoms. The molecule has 0 aromatic carbocycles. The summed E-state index contributed by atoms with van der Waals surface area (Å²) in [6.07, 6.45) is 10.2. The van der Waals surface area contributed by atoms with Crippen LogP contribution in [0.1, 0.15) is 41.0 Å². The Bertz CT molecular complexity index is 1030. The van der Waals surface area contributed by atoms with Crippen LogP contribution in [-0.4, -0.2) is 37.4 Å². The first-order valence-corrected chi connectivity index (χ1v) is 10.9. The molecule has 2 unspecified atom stereocenters. The van der Waals surface area contributed by atoms with Crippen LogP contribution < -0.4 is 0 Å². The van der Waals surface area contributed by atoms with Gasteiger partial charge in [0.25, 0.3) is 0 Å². The van der Waals surface area contributed by atoms with Crippen molar-refractivity contribution in [3.63, 3.8) is 0 Å². The van der Waals surface area contributed by atoms with Gasteiger partial charge in [-0.1, -0.05) is 49.6 Å². The Labute approximate surface area is 193 Å². The summed E-state index contributed by atoms with van der Waals surface area (Å²) in [7, 11) is 2.83. The minimum absolute atomic E-state index is 0.0193. The van der Waals surface area contributed by atoms with E-state index in [1.54, 1.807) is 13.0 Å². The quantitative estimate of drug-likeness (QED) is 0.301. The fourth-order valence-electron chi connectivity index (χ4n) is 3.95. The highest BCUT2D eigenvalue weighted by atomic mass is 35.5. The number of allylic oxidation sites excluding steroid dienone is 6. The zero-order chi connectivity index (χ0) is 23.8. The molecule has 1 aliphatic carbocycles. The van der Waals surface area contributed by atoms with Crippen LogP contribution >= 0.6 is 11.6 Å². The van der Waals surface area contributed by atoms with Crippen molar-refractivity contribution in [1.29, 1.82) is 0 Å². The Morgan fingerprint density at radius 1 is 1.31 bits per heavy atom. The number of hydrogen-bond acceptors (Lipinski definition) is 6. The van der Waals surface area contributed by atoms with Crippen molar-refractivity contribution in [3.05, 3.63) is 69.2 Å². The number of esters is 1. The minimum atomic E-state index is -1.59. The molecule has 0 N–H and O–H groups in total. The van der Waals surface area contributed by atoms with Gasteiger partial charge in [0.05, 0.1) is 11.3 Å². The fraction of sp³-hybridized carbons (Fsp3) is 0.440. The Hall–Kier alpha value is -2.41. The number of halogens is 1. The first kappa shape index (κ1) is 24.2. The Morgan fingerprint density at radius 2 is 1.97 bits per heavy atom. The third-order valence-corrected chi connectivity index (χ3v) is 6.57. The molecule has 0 spiro atoms. The lowest BCUT2D eigenvalue weighted by Crippen LogP contribution is -2.43. The average molecular weight is 461 g/mol. The van der Waals surface area contributed by atoms with Gasteiger partial charge in [-0.3, -0.25) is 4.79 Å². The van der Waals surface area contributed by atoms with E-state index >= 15 is 0 Å². The number of ketones is 1. The third-order valence-electron chi connectivity index (χ3n) is 6.19. The summed E-state index contributed by atoms with van der Waals surface area (Å²) in [4.78, 5) is 26.0. The number of hydrogen-bond donors (Lipinski definition) is 0. The number of carbonyl (C=O) groups excluding carboxylic acids is 2. The van der Waals surface area contributed by atoms with Gasteiger partial charge in [0.1, 0.15) is 11.3 Å². The Balaban J connectivity index is 2.10. The molecule has 6 nitrogen and oxygen atoms in total. The third kappa shape index (κ3) is 3.91. The van der Waals surface area contributed by atoms with Gasteiger partial charge in [-0.15, -0.1) is 0 Å². The molecule has 172 valence electrons. The second-order valence-electron chi connectivity index (χ2n) is 8.41. The standard InChI is InChI=1S/C25H29ClO6/c1-8-14(2)11-15(3)9-10-16-12-17-18(13-31-16)19-20(25(5,29-6)30-7)23(28)32-24(19,4)22(27)21(17)26/h9-14H,8H2,1-7H3. The monoisotopic (exact) mass is 460 g/mol. The number of methoxy groups -OCH3 is 2. The largest absolute Gasteiger partial charge is 0.464 e. The zero-order valence-corrected chi connectivity index (χ0v) is 20.3. The molecule has 0 aromatic heterocycles. The van der Waals surface area contributed by atoms with E-state index in [1.807, 2.05) is 19.1 Å². The van der Waals surface area contributed by atoms with E-state index in [0.717, 1.165) is 12.0 Å². The van der Waals surface area contributed by atoms with Crippen LogP contribution in [0.3, 0.4) is 0 Å². The van der Waals surface area contributed by atoms with Gasteiger partial charge >= 0.3 is 5.97 Å². The van der Waals surface area contributed by atoms with Crippen molar-refractivity contribution >= 4 is 23.4 Å². The van der Waals surface area contributed by atoms with Crippen molar-refractivity contribution in [3.8, 4) is 0 Å². The molecular formula is C25H29ClO6. The zero-order valence-electron chi connectivity index (χ0n) is 19.5. The topological polar surface area (TPSA) is 71.1 Å². The van der Waals surface area contributed by atoms with Crippen molar-refractivity contribution < 1.29 is 28.5 Å². The molecule has 2 atom stereocenters. The average Bonchev–Trinajstić information content (AvgIpc) is 3.07. The summed E-state index contributed by atoms with van der Waals surface area (Å²) in [5.41, 5.74) is 0.907. The Kier molecular flexibility index (Phi) is 6.70. The summed E-state index contributed by atoms with van der Waals surface area (Å²) >= 11 is 6.47. The van der Waals surface area contributed by atoms with E-state index in [2.05, 4.69) is 19.9 Å². The lowest BCUT2D eigenvalue weighted by Gasteiger charge is -2.34. The van der Waals surface area contributed by atoms with Crippen LogP contribution in [0.15, 0.2) is 69.2 Å². The Morgan fingerprint density at radius 3 is 2.56 bits per heavy atom. The van der Waals surface area contributed by atoms with Crippen LogP contribution in [-0.2, 0) is 28.5 Å². The molecule has 0 fully saturated rings. The maximum Gasteiger partial charge on any atom is 0.341 e. The molecule has 2 aliphatic heterocycles. The first-order chi connectivity index (χ1) is 15.0. The summed E-state index contributed by atoms with van der Waals surface area (Å²) < 4.78 is 22.3. The van der Waals surface area contributed by atoms with E-state index < -0.39 is 23.1 Å². The van der Waals surface area contributed by atoms with Crippen molar-refractivity contribution in [2.45, 2.75) is 52.4 Å². The predicted molar refractivity (Wildman–Crippen MR) is 121 cm³/mol. The van der Waals surface area contributed by atoms with Gasteiger partial charge in [-0.05, 0) is 38.8 Å². The molecule has 0 saturated carbocycles. The van der Waals surface area contributed by atoms with Gasteiger partial charge in [-0.25, -0.2) is 4.79 Å². The van der Waals surface area contributed by atoms with Crippen LogP contribution in [0.2, 0.25) is 0 Å². The lowest BCUT2D eigenvalue weighted by atomic mass is 9.75. The van der Waals surface area contributed by atoms with E-state index in [9.17, 15) is 9.59 Å². The molecule has 7 heteroatoms. The molecule has 0 saturated heterocycles. The lowest BCUT2D eigenvalue weighted by molar-refractivity contribution is -0.176. The van der Waals surface area contributed by atoms with Crippen LogP contribution in [0, 0.1) is 5.92 Å². The normalized spacial score (nSPS) is 24.8. The molecular weight excluding hydrogens is 432 g/mol. The number of ether oxygens (including phenoxy) is 4. The first-order valence-electron chi connectivity index (χ1n) is 10.5. The van der Waals surface area contributed by atoms with Gasteiger partial charge in [0.15, 0.2) is 11.4 Å². The molecule has 0 bridgehead atoms.